The molecule has 0 radical (unpaired) electrons. The van der Waals surface area contributed by atoms with Gasteiger partial charge in [-0.1, -0.05) is 36.0 Å². The van der Waals surface area contributed by atoms with Crippen molar-refractivity contribution in [3.8, 4) is 0 Å². The summed E-state index contributed by atoms with van der Waals surface area (Å²) in [7, 11) is 1.42. The summed E-state index contributed by atoms with van der Waals surface area (Å²) < 4.78 is 4.90. The van der Waals surface area contributed by atoms with Crippen LogP contribution in [0.15, 0.2) is 57.9 Å². The van der Waals surface area contributed by atoms with Gasteiger partial charge in [0.05, 0.1) is 12.7 Å². The smallest absolute Gasteiger partial charge is 0.338 e. The number of hydrogen-bond acceptors (Lipinski definition) is 3. The molecule has 106 valence electrons. The standard InChI is InChI=1S/C18H16O2S/c1-11-8-13(9-12(2)21-11)16-10-17(18(19)20-3)15-7-5-4-6-14(15)16/h4-10H,1-3H3. The summed E-state index contributed by atoms with van der Waals surface area (Å²) in [4.78, 5) is 14.5. The van der Waals surface area contributed by atoms with Crippen LogP contribution in [0.5, 0.6) is 0 Å². The molecule has 0 unspecified atom stereocenters. The molecule has 21 heavy (non-hydrogen) atoms. The molecule has 1 aliphatic carbocycles. The number of fused-ring (bicyclic) bond motifs is 1. The Morgan fingerprint density at radius 2 is 1.62 bits per heavy atom. The van der Waals surface area contributed by atoms with Crippen molar-refractivity contribution in [1.29, 1.82) is 0 Å². The number of benzene rings is 1. The van der Waals surface area contributed by atoms with Crippen LogP contribution in [0, 0.1) is 0 Å². The van der Waals surface area contributed by atoms with Crippen molar-refractivity contribution in [3.05, 3.63) is 69.0 Å². The van der Waals surface area contributed by atoms with Crippen LogP contribution in [0.1, 0.15) is 25.0 Å². The zero-order valence-corrected chi connectivity index (χ0v) is 13.1. The van der Waals surface area contributed by atoms with Crippen LogP contribution >= 0.6 is 11.8 Å². The fourth-order valence-corrected chi connectivity index (χ4v) is 3.60. The fraction of sp³-hybridized carbons (Fsp3) is 0.167. The minimum absolute atomic E-state index is 0.287. The second kappa shape index (κ2) is 5.41. The molecule has 0 bridgehead atoms. The fourth-order valence-electron chi connectivity index (χ4n) is 2.72. The van der Waals surface area contributed by atoms with Crippen LogP contribution in [0.4, 0.5) is 0 Å². The highest BCUT2D eigenvalue weighted by Gasteiger charge is 2.25. The molecule has 0 N–H and O–H groups in total. The second-order valence-electron chi connectivity index (χ2n) is 5.08. The van der Waals surface area contributed by atoms with Crippen molar-refractivity contribution in [3.63, 3.8) is 0 Å². The van der Waals surface area contributed by atoms with Crippen molar-refractivity contribution < 1.29 is 9.53 Å². The molecular formula is C18H16O2S. The van der Waals surface area contributed by atoms with Gasteiger partial charge in [0.1, 0.15) is 0 Å². The molecule has 1 aromatic rings. The van der Waals surface area contributed by atoms with E-state index in [2.05, 4.69) is 32.1 Å². The van der Waals surface area contributed by atoms with Crippen LogP contribution in [0.3, 0.4) is 0 Å². The summed E-state index contributed by atoms with van der Waals surface area (Å²) in [6.07, 6.45) is 6.27. The Labute approximate surface area is 128 Å². The molecule has 1 aliphatic heterocycles. The zero-order chi connectivity index (χ0) is 15.0. The van der Waals surface area contributed by atoms with Gasteiger partial charge in [0, 0.05) is 0 Å². The molecular weight excluding hydrogens is 280 g/mol. The minimum Gasteiger partial charge on any atom is -0.465 e. The van der Waals surface area contributed by atoms with E-state index in [-0.39, 0.29) is 5.97 Å². The number of methoxy groups -OCH3 is 1. The predicted octanol–water partition coefficient (Wildman–Crippen LogP) is 4.56. The molecule has 1 aromatic carbocycles. The first-order chi connectivity index (χ1) is 10.1. The highest BCUT2D eigenvalue weighted by molar-refractivity contribution is 8.06. The molecule has 0 fully saturated rings. The van der Waals surface area contributed by atoms with E-state index in [0.717, 1.165) is 22.3 Å². The van der Waals surface area contributed by atoms with Crippen molar-refractivity contribution in [1.82, 2.24) is 0 Å². The Morgan fingerprint density at radius 1 is 1.00 bits per heavy atom. The first-order valence-corrected chi connectivity index (χ1v) is 7.60. The maximum Gasteiger partial charge on any atom is 0.338 e. The first kappa shape index (κ1) is 14.0. The Kier molecular flexibility index (Phi) is 3.60. The maximum absolute atomic E-state index is 12.0. The van der Waals surface area contributed by atoms with Crippen molar-refractivity contribution in [2.75, 3.05) is 7.11 Å². The van der Waals surface area contributed by atoms with Gasteiger partial charge in [-0.25, -0.2) is 4.79 Å². The van der Waals surface area contributed by atoms with E-state index in [9.17, 15) is 4.79 Å². The van der Waals surface area contributed by atoms with E-state index >= 15 is 0 Å². The third kappa shape index (κ3) is 2.49. The van der Waals surface area contributed by atoms with Crippen LogP contribution < -0.4 is 0 Å². The Morgan fingerprint density at radius 3 is 2.24 bits per heavy atom. The average Bonchev–Trinajstić information content (AvgIpc) is 2.85. The molecule has 0 amide bonds. The SMILES string of the molecule is COC(=O)C1=CC(=C2C=C(C)SC(C)=C2)c2ccccc21. The quantitative estimate of drug-likeness (QED) is 0.710. The van der Waals surface area contributed by atoms with E-state index in [1.807, 2.05) is 24.3 Å². The van der Waals surface area contributed by atoms with E-state index in [1.165, 1.54) is 16.9 Å². The van der Waals surface area contributed by atoms with Crippen LogP contribution in [-0.4, -0.2) is 13.1 Å². The van der Waals surface area contributed by atoms with Gasteiger partial charge in [-0.2, -0.15) is 0 Å². The van der Waals surface area contributed by atoms with Gasteiger partial charge in [-0.3, -0.25) is 0 Å². The number of hydrogen-bond donors (Lipinski definition) is 0. The van der Waals surface area contributed by atoms with Crippen molar-refractivity contribution in [2.45, 2.75) is 13.8 Å². The molecule has 0 saturated heterocycles. The summed E-state index contributed by atoms with van der Waals surface area (Å²) in [5, 5.41) is 0. The van der Waals surface area contributed by atoms with Gasteiger partial charge in [-0.15, -0.1) is 0 Å². The van der Waals surface area contributed by atoms with E-state index in [4.69, 9.17) is 4.74 Å². The van der Waals surface area contributed by atoms with E-state index < -0.39 is 0 Å². The molecule has 0 saturated carbocycles. The highest BCUT2D eigenvalue weighted by atomic mass is 32.2. The maximum atomic E-state index is 12.0. The topological polar surface area (TPSA) is 26.3 Å². The average molecular weight is 296 g/mol. The number of rotatable bonds is 1. The summed E-state index contributed by atoms with van der Waals surface area (Å²) in [5.74, 6) is -0.287. The Bertz CT molecular complexity index is 728. The summed E-state index contributed by atoms with van der Waals surface area (Å²) >= 11 is 1.77. The van der Waals surface area contributed by atoms with E-state index in [0.29, 0.717) is 5.57 Å². The van der Waals surface area contributed by atoms with Gasteiger partial charge in [0.15, 0.2) is 0 Å². The Balaban J connectivity index is 2.23. The lowest BCUT2D eigenvalue weighted by Crippen LogP contribution is -2.02. The van der Waals surface area contributed by atoms with Crippen LogP contribution in [-0.2, 0) is 9.53 Å². The second-order valence-corrected chi connectivity index (χ2v) is 6.57. The monoisotopic (exact) mass is 296 g/mol. The summed E-state index contributed by atoms with van der Waals surface area (Å²) in [6, 6.07) is 7.97. The van der Waals surface area contributed by atoms with E-state index in [1.54, 1.807) is 11.8 Å². The van der Waals surface area contributed by atoms with Crippen molar-refractivity contribution in [2.24, 2.45) is 0 Å². The molecule has 1 heterocycles. The minimum atomic E-state index is -0.287. The summed E-state index contributed by atoms with van der Waals surface area (Å²) in [6.45, 7) is 4.21. The number of thioether (sulfide) groups is 1. The molecule has 3 heteroatoms. The molecule has 0 spiro atoms. The van der Waals surface area contributed by atoms with Gasteiger partial charge < -0.3 is 4.74 Å². The zero-order valence-electron chi connectivity index (χ0n) is 12.3. The lowest BCUT2D eigenvalue weighted by molar-refractivity contribution is -0.133. The largest absolute Gasteiger partial charge is 0.465 e. The third-order valence-corrected chi connectivity index (χ3v) is 4.43. The normalized spacial score (nSPS) is 17.0. The molecule has 0 aromatic heterocycles. The molecule has 2 nitrogen and oxygen atoms in total. The number of esters is 1. The number of ether oxygens (including phenoxy) is 1. The van der Waals surface area contributed by atoms with Gasteiger partial charge in [0.2, 0.25) is 0 Å². The van der Waals surface area contributed by atoms with Gasteiger partial charge in [0.25, 0.3) is 0 Å². The van der Waals surface area contributed by atoms with Crippen LogP contribution in [0.25, 0.3) is 11.1 Å². The number of carbonyl (C=O) groups excluding carboxylic acids is 1. The summed E-state index contributed by atoms with van der Waals surface area (Å²) in [5.41, 5.74) is 4.90. The number of carbonyl (C=O) groups is 1. The molecule has 2 aliphatic rings. The van der Waals surface area contributed by atoms with Crippen LogP contribution in [0.2, 0.25) is 0 Å². The Hall–Kier alpha value is -2.00. The molecule has 3 rings (SSSR count). The number of allylic oxidation sites excluding steroid dienone is 7. The first-order valence-electron chi connectivity index (χ1n) is 6.78. The van der Waals surface area contributed by atoms with Crippen molar-refractivity contribution >= 4 is 28.9 Å². The third-order valence-electron chi connectivity index (χ3n) is 3.55. The van der Waals surface area contributed by atoms with Gasteiger partial charge in [-0.05, 0) is 64.2 Å². The predicted molar refractivity (Wildman–Crippen MR) is 88.5 cm³/mol. The van der Waals surface area contributed by atoms with Gasteiger partial charge >= 0.3 is 5.97 Å². The molecule has 0 atom stereocenters. The highest BCUT2D eigenvalue weighted by Crippen LogP contribution is 2.41. The lowest BCUT2D eigenvalue weighted by atomic mass is 9.99. The lowest BCUT2D eigenvalue weighted by Gasteiger charge is -2.12.